The van der Waals surface area contributed by atoms with Crippen molar-refractivity contribution in [2.45, 2.75) is 13.0 Å². The number of amides is 1. The first-order valence-corrected chi connectivity index (χ1v) is 7.77. The van der Waals surface area contributed by atoms with Crippen LogP contribution >= 0.6 is 31.9 Å². The molecule has 0 aliphatic heterocycles. The molecular formula is C13H11Br2N5O. The minimum Gasteiger partial charge on any atom is -0.360 e. The number of hydrogen-bond donors (Lipinski definition) is 3. The van der Waals surface area contributed by atoms with E-state index >= 15 is 0 Å². The van der Waals surface area contributed by atoms with Crippen molar-refractivity contribution in [2.75, 3.05) is 0 Å². The summed E-state index contributed by atoms with van der Waals surface area (Å²) in [5, 5.41) is 10.3. The Morgan fingerprint density at radius 2 is 2.10 bits per heavy atom. The number of carbonyl (C=O) groups is 1. The Labute approximate surface area is 137 Å². The third kappa shape index (κ3) is 2.73. The summed E-state index contributed by atoms with van der Waals surface area (Å²) in [6, 6.07) is 3.59. The number of H-pyrrole nitrogens is 2. The predicted octanol–water partition coefficient (Wildman–Crippen LogP) is 3.30. The van der Waals surface area contributed by atoms with Crippen molar-refractivity contribution in [2.24, 2.45) is 0 Å². The fourth-order valence-corrected chi connectivity index (χ4v) is 2.76. The Hall–Kier alpha value is -1.67. The van der Waals surface area contributed by atoms with Crippen LogP contribution in [0.15, 0.2) is 33.6 Å². The molecule has 1 amide bonds. The van der Waals surface area contributed by atoms with E-state index in [9.17, 15) is 4.79 Å². The largest absolute Gasteiger partial charge is 0.360 e. The van der Waals surface area contributed by atoms with Crippen molar-refractivity contribution in [3.8, 4) is 0 Å². The lowest BCUT2D eigenvalue weighted by atomic mass is 10.1. The number of halogens is 2. The first-order chi connectivity index (χ1) is 10.1. The van der Waals surface area contributed by atoms with Gasteiger partial charge in [0.15, 0.2) is 0 Å². The zero-order valence-electron chi connectivity index (χ0n) is 10.9. The molecule has 0 bridgehead atoms. The first-order valence-electron chi connectivity index (χ1n) is 6.18. The maximum absolute atomic E-state index is 12.4. The Kier molecular flexibility index (Phi) is 3.81. The topological polar surface area (TPSA) is 86.5 Å². The summed E-state index contributed by atoms with van der Waals surface area (Å²) < 4.78 is 1.82. The summed E-state index contributed by atoms with van der Waals surface area (Å²) in [4.78, 5) is 19.5. The van der Waals surface area contributed by atoms with Gasteiger partial charge in [-0.3, -0.25) is 9.89 Å². The molecular weight excluding hydrogens is 402 g/mol. The van der Waals surface area contributed by atoms with Gasteiger partial charge < -0.3 is 10.3 Å². The molecule has 0 radical (unpaired) electrons. The monoisotopic (exact) mass is 411 g/mol. The van der Waals surface area contributed by atoms with E-state index in [1.54, 1.807) is 6.20 Å². The van der Waals surface area contributed by atoms with Crippen LogP contribution < -0.4 is 5.32 Å². The summed E-state index contributed by atoms with van der Waals surface area (Å²) in [5.41, 5.74) is 1.48. The van der Waals surface area contributed by atoms with E-state index in [1.165, 1.54) is 6.33 Å². The molecule has 1 atom stereocenters. The Morgan fingerprint density at radius 1 is 1.33 bits per heavy atom. The molecule has 3 N–H and O–H groups in total. The fourth-order valence-electron chi connectivity index (χ4n) is 2.07. The average molecular weight is 413 g/mol. The van der Waals surface area contributed by atoms with Gasteiger partial charge in [-0.05, 0) is 50.9 Å². The van der Waals surface area contributed by atoms with Gasteiger partial charge in [0.2, 0.25) is 0 Å². The lowest BCUT2D eigenvalue weighted by Crippen LogP contribution is -2.27. The number of hydrogen-bond acceptors (Lipinski definition) is 3. The van der Waals surface area contributed by atoms with Gasteiger partial charge in [-0.25, -0.2) is 4.98 Å². The number of rotatable bonds is 3. The molecule has 108 valence electrons. The Balaban J connectivity index is 1.90. The van der Waals surface area contributed by atoms with E-state index in [2.05, 4.69) is 57.3 Å². The van der Waals surface area contributed by atoms with E-state index in [4.69, 9.17) is 0 Å². The van der Waals surface area contributed by atoms with E-state index in [0.717, 1.165) is 19.8 Å². The second kappa shape index (κ2) is 5.61. The zero-order valence-corrected chi connectivity index (χ0v) is 14.1. The number of carbonyl (C=O) groups excluding carboxylic acids is 1. The maximum Gasteiger partial charge on any atom is 0.254 e. The van der Waals surface area contributed by atoms with E-state index in [0.29, 0.717) is 11.4 Å². The Morgan fingerprint density at radius 3 is 2.81 bits per heavy atom. The van der Waals surface area contributed by atoms with Gasteiger partial charge in [0.05, 0.1) is 11.6 Å². The summed E-state index contributed by atoms with van der Waals surface area (Å²) in [6.07, 6.45) is 3.12. The lowest BCUT2D eigenvalue weighted by Gasteiger charge is -2.10. The van der Waals surface area contributed by atoms with E-state index in [1.807, 2.05) is 19.1 Å². The summed E-state index contributed by atoms with van der Waals surface area (Å²) in [5.74, 6) is 0.450. The van der Waals surface area contributed by atoms with Crippen LogP contribution in [0.4, 0.5) is 0 Å². The normalized spacial score (nSPS) is 12.5. The van der Waals surface area contributed by atoms with Crippen molar-refractivity contribution < 1.29 is 4.79 Å². The predicted molar refractivity (Wildman–Crippen MR) is 86.0 cm³/mol. The molecule has 0 spiro atoms. The molecule has 0 saturated heterocycles. The number of nitrogens with zero attached hydrogens (tertiary/aromatic N) is 2. The fraction of sp³-hybridized carbons (Fsp3) is 0.154. The minimum atomic E-state index is -0.246. The minimum absolute atomic E-state index is 0.167. The number of aromatic nitrogens is 4. The van der Waals surface area contributed by atoms with Crippen molar-refractivity contribution in [1.82, 2.24) is 25.5 Å². The molecule has 2 heterocycles. The van der Waals surface area contributed by atoms with Gasteiger partial charge in [0.1, 0.15) is 12.2 Å². The smallest absolute Gasteiger partial charge is 0.254 e. The maximum atomic E-state index is 12.4. The van der Waals surface area contributed by atoms with Crippen molar-refractivity contribution >= 4 is 48.7 Å². The number of nitrogens with one attached hydrogen (secondary N) is 3. The van der Waals surface area contributed by atoms with Crippen LogP contribution in [-0.2, 0) is 0 Å². The molecule has 6 nitrogen and oxygen atoms in total. The summed E-state index contributed by atoms with van der Waals surface area (Å²) in [6.45, 7) is 1.85. The number of aromatic amines is 2. The second-order valence-electron chi connectivity index (χ2n) is 4.58. The zero-order chi connectivity index (χ0) is 15.0. The molecule has 3 rings (SSSR count). The van der Waals surface area contributed by atoms with Crippen LogP contribution in [0.3, 0.4) is 0 Å². The molecule has 1 unspecified atom stereocenters. The molecule has 0 saturated carbocycles. The number of benzene rings is 1. The molecule has 0 aliphatic rings. The lowest BCUT2D eigenvalue weighted by molar-refractivity contribution is 0.0940. The van der Waals surface area contributed by atoms with Gasteiger partial charge in [0, 0.05) is 26.0 Å². The molecule has 0 fully saturated rings. The standard InChI is InChI=1S/C13H11Br2N5O/c1-6(12-17-5-18-20-12)19-13(21)8-4-16-11-3-10(15)9(14)2-7(8)11/h2-6,16H,1H3,(H,19,21)(H,17,18,20). The highest BCUT2D eigenvalue weighted by Crippen LogP contribution is 2.30. The second-order valence-corrected chi connectivity index (χ2v) is 6.29. The molecule has 8 heteroatoms. The highest BCUT2D eigenvalue weighted by atomic mass is 79.9. The Bertz CT molecular complexity index is 796. The van der Waals surface area contributed by atoms with E-state index < -0.39 is 0 Å². The van der Waals surface area contributed by atoms with Crippen LogP contribution in [0.25, 0.3) is 10.9 Å². The van der Waals surface area contributed by atoms with Crippen LogP contribution in [0.1, 0.15) is 29.1 Å². The van der Waals surface area contributed by atoms with Gasteiger partial charge in [-0.1, -0.05) is 0 Å². The quantitative estimate of drug-likeness (QED) is 0.616. The highest BCUT2D eigenvalue weighted by molar-refractivity contribution is 9.13. The third-order valence-corrected chi connectivity index (χ3v) is 5.00. The van der Waals surface area contributed by atoms with Crippen molar-refractivity contribution in [3.63, 3.8) is 0 Å². The van der Waals surface area contributed by atoms with Gasteiger partial charge in [-0.2, -0.15) is 5.10 Å². The van der Waals surface area contributed by atoms with Crippen LogP contribution in [-0.4, -0.2) is 26.1 Å². The SMILES string of the molecule is CC(NC(=O)c1c[nH]c2cc(Br)c(Br)cc12)c1ncn[nH]1. The van der Waals surface area contributed by atoms with Crippen LogP contribution in [0.2, 0.25) is 0 Å². The average Bonchev–Trinajstić information content (AvgIpc) is 3.08. The van der Waals surface area contributed by atoms with Gasteiger partial charge >= 0.3 is 0 Å². The van der Waals surface area contributed by atoms with Crippen molar-refractivity contribution in [3.05, 3.63) is 45.0 Å². The van der Waals surface area contributed by atoms with Crippen LogP contribution in [0, 0.1) is 0 Å². The van der Waals surface area contributed by atoms with Gasteiger partial charge in [-0.15, -0.1) is 0 Å². The van der Waals surface area contributed by atoms with Crippen molar-refractivity contribution in [1.29, 1.82) is 0 Å². The highest BCUT2D eigenvalue weighted by Gasteiger charge is 2.17. The molecule has 2 aromatic heterocycles. The molecule has 3 aromatic rings. The summed E-state index contributed by atoms with van der Waals surface area (Å²) in [7, 11) is 0. The van der Waals surface area contributed by atoms with E-state index in [-0.39, 0.29) is 11.9 Å². The first kappa shape index (κ1) is 14.3. The molecule has 1 aromatic carbocycles. The third-order valence-electron chi connectivity index (χ3n) is 3.16. The number of fused-ring (bicyclic) bond motifs is 1. The molecule has 21 heavy (non-hydrogen) atoms. The molecule has 0 aliphatic carbocycles. The summed E-state index contributed by atoms with van der Waals surface area (Å²) >= 11 is 6.89. The van der Waals surface area contributed by atoms with Crippen LogP contribution in [0.5, 0.6) is 0 Å². The van der Waals surface area contributed by atoms with Gasteiger partial charge in [0.25, 0.3) is 5.91 Å².